The quantitative estimate of drug-likeness (QED) is 0.754. The van der Waals surface area contributed by atoms with E-state index in [0.717, 1.165) is 17.9 Å². The van der Waals surface area contributed by atoms with Gasteiger partial charge >= 0.3 is 0 Å². The average molecular weight is 229 g/mol. The van der Waals surface area contributed by atoms with E-state index in [1.165, 1.54) is 0 Å². The Kier molecular flexibility index (Phi) is 3.32. The number of pyridine rings is 1. The van der Waals surface area contributed by atoms with E-state index in [9.17, 15) is 4.79 Å². The molecule has 0 saturated carbocycles. The highest BCUT2D eigenvalue weighted by atomic mass is 16.1. The summed E-state index contributed by atoms with van der Waals surface area (Å²) in [5, 5.41) is 0. The summed E-state index contributed by atoms with van der Waals surface area (Å²) in [5.41, 5.74) is 1.45. The van der Waals surface area contributed by atoms with Crippen LogP contribution in [0.4, 0.5) is 0 Å². The van der Waals surface area contributed by atoms with Crippen molar-refractivity contribution >= 4 is 5.78 Å². The maximum absolute atomic E-state index is 12.1. The van der Waals surface area contributed by atoms with Crippen LogP contribution in [0.3, 0.4) is 0 Å². The number of aryl methyl sites for hydroxylation is 2. The second kappa shape index (κ2) is 4.91. The summed E-state index contributed by atoms with van der Waals surface area (Å²) in [6, 6.07) is 3.73. The maximum Gasteiger partial charge on any atom is 0.188 e. The zero-order chi connectivity index (χ0) is 12.3. The van der Waals surface area contributed by atoms with Gasteiger partial charge in [0, 0.05) is 25.1 Å². The van der Waals surface area contributed by atoms with Gasteiger partial charge in [0.25, 0.3) is 0 Å². The van der Waals surface area contributed by atoms with Crippen LogP contribution in [0.15, 0.2) is 30.7 Å². The number of ketones is 1. The van der Waals surface area contributed by atoms with Crippen molar-refractivity contribution in [1.82, 2.24) is 14.5 Å². The van der Waals surface area contributed by atoms with Gasteiger partial charge in [-0.1, -0.05) is 6.07 Å². The molecule has 2 rings (SSSR count). The molecule has 0 fully saturated rings. The number of carbonyl (C=O) groups excluding carboxylic acids is 1. The molecule has 4 nitrogen and oxygen atoms in total. The van der Waals surface area contributed by atoms with Gasteiger partial charge in [0.2, 0.25) is 0 Å². The molecule has 0 unspecified atom stereocenters. The van der Waals surface area contributed by atoms with E-state index in [4.69, 9.17) is 0 Å². The fourth-order valence-corrected chi connectivity index (χ4v) is 1.80. The first-order valence-electron chi connectivity index (χ1n) is 5.67. The van der Waals surface area contributed by atoms with Crippen LogP contribution < -0.4 is 0 Å². The molecule has 0 aliphatic heterocycles. The van der Waals surface area contributed by atoms with Gasteiger partial charge in [-0.2, -0.15) is 0 Å². The number of rotatable bonds is 4. The van der Waals surface area contributed by atoms with Gasteiger partial charge in [-0.3, -0.25) is 9.78 Å². The molecule has 0 aliphatic carbocycles. The van der Waals surface area contributed by atoms with Crippen LogP contribution in [-0.2, 0) is 13.0 Å². The molecule has 0 amide bonds. The van der Waals surface area contributed by atoms with Gasteiger partial charge in [-0.05, 0) is 25.5 Å². The van der Waals surface area contributed by atoms with Crippen LogP contribution in [0.25, 0.3) is 0 Å². The molecule has 0 atom stereocenters. The highest BCUT2D eigenvalue weighted by Gasteiger charge is 2.13. The Morgan fingerprint density at radius 3 is 2.88 bits per heavy atom. The lowest BCUT2D eigenvalue weighted by atomic mass is 10.1. The number of hydrogen-bond acceptors (Lipinski definition) is 3. The van der Waals surface area contributed by atoms with E-state index in [2.05, 4.69) is 9.97 Å². The van der Waals surface area contributed by atoms with Gasteiger partial charge in [-0.15, -0.1) is 0 Å². The number of imidazole rings is 1. The second-order valence-corrected chi connectivity index (χ2v) is 3.90. The van der Waals surface area contributed by atoms with E-state index in [-0.39, 0.29) is 5.78 Å². The molecule has 0 bridgehead atoms. The molecule has 17 heavy (non-hydrogen) atoms. The SMILES string of the molecule is CCn1ccnc1CC(=O)c1ncccc1C. The summed E-state index contributed by atoms with van der Waals surface area (Å²) in [5.74, 6) is 0.812. The second-order valence-electron chi connectivity index (χ2n) is 3.90. The molecule has 88 valence electrons. The minimum Gasteiger partial charge on any atom is -0.335 e. The van der Waals surface area contributed by atoms with Crippen molar-refractivity contribution in [1.29, 1.82) is 0 Å². The van der Waals surface area contributed by atoms with Crippen LogP contribution in [0.1, 0.15) is 28.8 Å². The van der Waals surface area contributed by atoms with E-state index < -0.39 is 0 Å². The van der Waals surface area contributed by atoms with Crippen LogP contribution in [0, 0.1) is 6.92 Å². The summed E-state index contributed by atoms with van der Waals surface area (Å²) < 4.78 is 1.97. The van der Waals surface area contributed by atoms with Crippen LogP contribution >= 0.6 is 0 Å². The summed E-state index contributed by atoms with van der Waals surface area (Å²) in [6.45, 7) is 4.75. The van der Waals surface area contributed by atoms with Gasteiger partial charge in [0.1, 0.15) is 11.5 Å². The van der Waals surface area contributed by atoms with Crippen LogP contribution in [-0.4, -0.2) is 20.3 Å². The van der Waals surface area contributed by atoms with Gasteiger partial charge in [0.15, 0.2) is 5.78 Å². The number of aromatic nitrogens is 3. The molecular weight excluding hydrogens is 214 g/mol. The van der Waals surface area contributed by atoms with Crippen molar-refractivity contribution < 1.29 is 4.79 Å². The summed E-state index contributed by atoms with van der Waals surface area (Å²) in [4.78, 5) is 20.4. The van der Waals surface area contributed by atoms with E-state index in [0.29, 0.717) is 12.1 Å². The Bertz CT molecular complexity index is 531. The number of carbonyl (C=O) groups is 1. The zero-order valence-corrected chi connectivity index (χ0v) is 10.1. The van der Waals surface area contributed by atoms with Gasteiger partial charge in [0.05, 0.1) is 6.42 Å². The standard InChI is InChI=1S/C13H15N3O/c1-3-16-8-7-14-12(16)9-11(17)13-10(2)5-4-6-15-13/h4-8H,3,9H2,1-2H3. The highest BCUT2D eigenvalue weighted by molar-refractivity contribution is 5.96. The largest absolute Gasteiger partial charge is 0.335 e. The van der Waals surface area contributed by atoms with Crippen molar-refractivity contribution in [3.63, 3.8) is 0 Å². The normalized spacial score (nSPS) is 10.5. The third kappa shape index (κ3) is 2.41. The maximum atomic E-state index is 12.1. The fourth-order valence-electron chi connectivity index (χ4n) is 1.80. The molecule has 4 heteroatoms. The molecule has 2 aromatic rings. The van der Waals surface area contributed by atoms with Crippen LogP contribution in [0.2, 0.25) is 0 Å². The van der Waals surface area contributed by atoms with E-state index in [1.807, 2.05) is 36.7 Å². The summed E-state index contributed by atoms with van der Waals surface area (Å²) in [6.07, 6.45) is 5.55. The number of nitrogens with zero attached hydrogens (tertiary/aromatic N) is 3. The van der Waals surface area contributed by atoms with Crippen molar-refractivity contribution in [2.45, 2.75) is 26.8 Å². The number of Topliss-reactive ketones (excluding diaryl/α,β-unsaturated/α-hetero) is 1. The molecule has 0 radical (unpaired) electrons. The molecule has 0 aromatic carbocycles. The molecule has 2 aromatic heterocycles. The first-order chi connectivity index (χ1) is 8.22. The molecule has 0 saturated heterocycles. The summed E-state index contributed by atoms with van der Waals surface area (Å²) in [7, 11) is 0. The Morgan fingerprint density at radius 2 is 2.18 bits per heavy atom. The molecule has 0 spiro atoms. The predicted octanol–water partition coefficient (Wildman–Crippen LogP) is 2.03. The van der Waals surface area contributed by atoms with Gasteiger partial charge in [-0.25, -0.2) is 4.98 Å². The molecule has 0 N–H and O–H groups in total. The topological polar surface area (TPSA) is 47.8 Å². The lowest BCUT2D eigenvalue weighted by molar-refractivity contribution is 0.0984. The molecule has 0 aliphatic rings. The highest BCUT2D eigenvalue weighted by Crippen LogP contribution is 2.08. The van der Waals surface area contributed by atoms with Crippen molar-refractivity contribution in [3.05, 3.63) is 47.8 Å². The lowest BCUT2D eigenvalue weighted by Crippen LogP contribution is -2.12. The molecule has 2 heterocycles. The average Bonchev–Trinajstić information content (AvgIpc) is 2.76. The van der Waals surface area contributed by atoms with Crippen molar-refractivity contribution in [3.8, 4) is 0 Å². The first-order valence-corrected chi connectivity index (χ1v) is 5.67. The third-order valence-corrected chi connectivity index (χ3v) is 2.73. The summed E-state index contributed by atoms with van der Waals surface area (Å²) >= 11 is 0. The Labute approximate surface area is 100 Å². The minimum absolute atomic E-state index is 0.0176. The first kappa shape index (κ1) is 11.5. The van der Waals surface area contributed by atoms with Gasteiger partial charge < -0.3 is 4.57 Å². The minimum atomic E-state index is 0.0176. The smallest absolute Gasteiger partial charge is 0.188 e. The van der Waals surface area contributed by atoms with Crippen molar-refractivity contribution in [2.24, 2.45) is 0 Å². The van der Waals surface area contributed by atoms with Crippen molar-refractivity contribution in [2.75, 3.05) is 0 Å². The van der Waals surface area contributed by atoms with E-state index in [1.54, 1.807) is 12.4 Å². The fraction of sp³-hybridized carbons (Fsp3) is 0.308. The Morgan fingerprint density at radius 1 is 1.35 bits per heavy atom. The Balaban J connectivity index is 2.20. The molecular formula is C13H15N3O. The number of hydrogen-bond donors (Lipinski definition) is 0. The van der Waals surface area contributed by atoms with E-state index >= 15 is 0 Å². The lowest BCUT2D eigenvalue weighted by Gasteiger charge is -2.05. The third-order valence-electron chi connectivity index (χ3n) is 2.73. The predicted molar refractivity (Wildman–Crippen MR) is 64.9 cm³/mol. The van der Waals surface area contributed by atoms with Crippen LogP contribution in [0.5, 0.6) is 0 Å². The Hall–Kier alpha value is -1.97. The zero-order valence-electron chi connectivity index (χ0n) is 10.1. The monoisotopic (exact) mass is 229 g/mol.